The molecule has 7 nitrogen and oxygen atoms in total. The van der Waals surface area contributed by atoms with E-state index in [-0.39, 0.29) is 17.3 Å². The Balaban J connectivity index is 2.49. The van der Waals surface area contributed by atoms with E-state index >= 15 is 0 Å². The van der Waals surface area contributed by atoms with Gasteiger partial charge in [0.25, 0.3) is 5.56 Å². The number of hydrogen-bond acceptors (Lipinski definition) is 6. The summed E-state index contributed by atoms with van der Waals surface area (Å²) in [6.07, 6.45) is 0. The van der Waals surface area contributed by atoms with E-state index in [9.17, 15) is 4.79 Å². The Hall–Kier alpha value is -2.44. The summed E-state index contributed by atoms with van der Waals surface area (Å²) in [6, 6.07) is 3.29. The molecule has 100 valence electrons. The predicted molar refractivity (Wildman–Crippen MR) is 70.9 cm³/mol. The molecule has 0 radical (unpaired) electrons. The number of anilines is 1. The van der Waals surface area contributed by atoms with Gasteiger partial charge >= 0.3 is 0 Å². The second-order valence-corrected chi connectivity index (χ2v) is 4.33. The van der Waals surface area contributed by atoms with Crippen molar-refractivity contribution >= 4 is 5.82 Å². The van der Waals surface area contributed by atoms with Crippen LogP contribution in [0.4, 0.5) is 5.82 Å². The van der Waals surface area contributed by atoms with Gasteiger partial charge in [0.05, 0.1) is 12.7 Å². The number of aromatic nitrogens is 4. The van der Waals surface area contributed by atoms with Crippen LogP contribution in [0.3, 0.4) is 0 Å². The molecule has 0 saturated carbocycles. The monoisotopic (exact) mass is 261 g/mol. The molecule has 0 spiro atoms. The van der Waals surface area contributed by atoms with E-state index in [1.807, 2.05) is 13.8 Å². The van der Waals surface area contributed by atoms with Gasteiger partial charge in [-0.1, -0.05) is 13.8 Å². The Morgan fingerprint density at radius 3 is 2.53 bits per heavy atom. The van der Waals surface area contributed by atoms with Gasteiger partial charge in [-0.2, -0.15) is 0 Å². The van der Waals surface area contributed by atoms with E-state index in [0.29, 0.717) is 23.0 Å². The lowest BCUT2D eigenvalue weighted by molar-refractivity contribution is 0.392. The number of nitrogens with one attached hydrogen (secondary N) is 1. The van der Waals surface area contributed by atoms with Crippen molar-refractivity contribution in [2.45, 2.75) is 19.8 Å². The fourth-order valence-electron chi connectivity index (χ4n) is 1.73. The minimum absolute atomic E-state index is 0.00671. The van der Waals surface area contributed by atoms with Crippen molar-refractivity contribution in [2.24, 2.45) is 0 Å². The zero-order valence-electron chi connectivity index (χ0n) is 11.0. The zero-order valence-corrected chi connectivity index (χ0v) is 11.0. The van der Waals surface area contributed by atoms with Gasteiger partial charge < -0.3 is 15.5 Å². The average molecular weight is 261 g/mol. The molecular weight excluding hydrogens is 246 g/mol. The number of nitrogens with two attached hydrogens (primary N) is 1. The largest absolute Gasteiger partial charge is 0.480 e. The molecular formula is C12H15N5O2. The first-order valence-corrected chi connectivity index (χ1v) is 5.80. The number of aromatic amines is 1. The van der Waals surface area contributed by atoms with Gasteiger partial charge in [-0.25, -0.2) is 4.98 Å². The van der Waals surface area contributed by atoms with Crippen molar-refractivity contribution in [1.82, 2.24) is 20.2 Å². The molecule has 3 N–H and O–H groups in total. The summed E-state index contributed by atoms with van der Waals surface area (Å²) in [5.74, 6) is 0.901. The predicted octanol–water partition coefficient (Wildman–Crippen LogP) is 0.941. The maximum atomic E-state index is 12.0. The third-order valence-electron chi connectivity index (χ3n) is 2.65. The highest BCUT2D eigenvalue weighted by Crippen LogP contribution is 2.18. The Kier molecular flexibility index (Phi) is 3.46. The van der Waals surface area contributed by atoms with Gasteiger partial charge in [-0.15, -0.1) is 10.2 Å². The van der Waals surface area contributed by atoms with Crippen LogP contribution in [0.25, 0.3) is 11.5 Å². The first-order valence-electron chi connectivity index (χ1n) is 5.80. The van der Waals surface area contributed by atoms with Crippen molar-refractivity contribution in [3.05, 3.63) is 28.0 Å². The van der Waals surface area contributed by atoms with Gasteiger partial charge in [0.15, 0.2) is 5.82 Å². The number of nitrogens with zero attached hydrogens (tertiary/aromatic N) is 3. The third-order valence-corrected chi connectivity index (χ3v) is 2.65. The second-order valence-electron chi connectivity index (χ2n) is 4.33. The summed E-state index contributed by atoms with van der Waals surface area (Å²) in [5.41, 5.74) is 6.47. The molecule has 0 aliphatic rings. The maximum absolute atomic E-state index is 12.0. The lowest BCUT2D eigenvalue weighted by atomic mass is 10.1. The topological polar surface area (TPSA) is 107 Å². The van der Waals surface area contributed by atoms with Crippen LogP contribution in [0.5, 0.6) is 5.88 Å². The molecule has 0 aliphatic heterocycles. The molecule has 2 rings (SSSR count). The van der Waals surface area contributed by atoms with Crippen LogP contribution in [0, 0.1) is 0 Å². The lowest BCUT2D eigenvalue weighted by Crippen LogP contribution is -2.19. The van der Waals surface area contributed by atoms with E-state index in [2.05, 4.69) is 20.2 Å². The van der Waals surface area contributed by atoms with E-state index in [1.54, 1.807) is 12.1 Å². The van der Waals surface area contributed by atoms with Gasteiger partial charge in [-0.05, 0) is 12.0 Å². The molecule has 0 atom stereocenters. The van der Waals surface area contributed by atoms with E-state index < -0.39 is 0 Å². The molecule has 0 fully saturated rings. The van der Waals surface area contributed by atoms with Crippen molar-refractivity contribution in [3.8, 4) is 17.4 Å². The van der Waals surface area contributed by atoms with Gasteiger partial charge in [0, 0.05) is 6.07 Å². The quantitative estimate of drug-likeness (QED) is 0.851. The lowest BCUT2D eigenvalue weighted by Gasteiger charge is -2.08. The standard InChI is InChI=1S/C12H15N5O2/c1-6(2)9-10(13)14-11(15-12(9)18)7-4-5-8(19-3)17-16-7/h4-6H,1-3H3,(H3,13,14,15,18). The number of hydrogen-bond donors (Lipinski definition) is 2. The molecule has 0 aromatic carbocycles. The third kappa shape index (κ3) is 2.54. The summed E-state index contributed by atoms with van der Waals surface area (Å²) in [4.78, 5) is 18.8. The van der Waals surface area contributed by atoms with Crippen LogP contribution in [-0.4, -0.2) is 27.3 Å². The average Bonchev–Trinajstić information content (AvgIpc) is 2.37. The number of rotatable bonds is 3. The molecule has 7 heteroatoms. The molecule has 0 bridgehead atoms. The number of nitrogen functional groups attached to an aromatic ring is 1. The van der Waals surface area contributed by atoms with E-state index in [4.69, 9.17) is 10.5 Å². The summed E-state index contributed by atoms with van der Waals surface area (Å²) in [5, 5.41) is 7.73. The minimum Gasteiger partial charge on any atom is -0.480 e. The highest BCUT2D eigenvalue weighted by Gasteiger charge is 2.14. The van der Waals surface area contributed by atoms with Gasteiger partial charge in [0.1, 0.15) is 11.5 Å². The zero-order chi connectivity index (χ0) is 14.0. The fourth-order valence-corrected chi connectivity index (χ4v) is 1.73. The molecule has 0 unspecified atom stereocenters. The highest BCUT2D eigenvalue weighted by molar-refractivity contribution is 5.53. The fraction of sp³-hybridized carbons (Fsp3) is 0.333. The summed E-state index contributed by atoms with van der Waals surface area (Å²) in [7, 11) is 1.50. The minimum atomic E-state index is -0.255. The van der Waals surface area contributed by atoms with Crippen LogP contribution in [0.1, 0.15) is 25.3 Å². The van der Waals surface area contributed by atoms with Crippen molar-refractivity contribution in [1.29, 1.82) is 0 Å². The summed E-state index contributed by atoms with van der Waals surface area (Å²) < 4.78 is 4.91. The Morgan fingerprint density at radius 1 is 1.32 bits per heavy atom. The van der Waals surface area contributed by atoms with Crippen molar-refractivity contribution in [3.63, 3.8) is 0 Å². The molecule has 0 amide bonds. The van der Waals surface area contributed by atoms with Crippen LogP contribution in [0.2, 0.25) is 0 Å². The van der Waals surface area contributed by atoms with Gasteiger partial charge in [0.2, 0.25) is 5.88 Å². The molecule has 0 aliphatic carbocycles. The smallest absolute Gasteiger partial charge is 0.256 e. The van der Waals surface area contributed by atoms with E-state index in [1.165, 1.54) is 7.11 Å². The first-order chi connectivity index (χ1) is 9.02. The van der Waals surface area contributed by atoms with Crippen LogP contribution >= 0.6 is 0 Å². The Bertz CT molecular complexity index is 634. The number of H-pyrrole nitrogens is 1. The molecule has 2 heterocycles. The second kappa shape index (κ2) is 5.05. The molecule has 2 aromatic heterocycles. The SMILES string of the molecule is COc1ccc(-c2nc(N)c(C(C)C)c(=O)[nH]2)nn1. The van der Waals surface area contributed by atoms with E-state index in [0.717, 1.165) is 0 Å². The van der Waals surface area contributed by atoms with Crippen molar-refractivity contribution < 1.29 is 4.74 Å². The number of methoxy groups -OCH3 is 1. The van der Waals surface area contributed by atoms with Crippen molar-refractivity contribution in [2.75, 3.05) is 12.8 Å². The summed E-state index contributed by atoms with van der Waals surface area (Å²) >= 11 is 0. The summed E-state index contributed by atoms with van der Waals surface area (Å²) in [6.45, 7) is 3.77. The number of ether oxygens (including phenoxy) is 1. The Labute approximate surface area is 109 Å². The maximum Gasteiger partial charge on any atom is 0.256 e. The van der Waals surface area contributed by atoms with Crippen LogP contribution in [-0.2, 0) is 0 Å². The highest BCUT2D eigenvalue weighted by atomic mass is 16.5. The van der Waals surface area contributed by atoms with Crippen LogP contribution in [0.15, 0.2) is 16.9 Å². The first kappa shape index (κ1) is 13.0. The molecule has 2 aromatic rings. The Morgan fingerprint density at radius 2 is 2.05 bits per heavy atom. The normalized spacial score (nSPS) is 10.7. The van der Waals surface area contributed by atoms with Gasteiger partial charge in [-0.3, -0.25) is 4.79 Å². The molecule has 19 heavy (non-hydrogen) atoms. The van der Waals surface area contributed by atoms with Crippen LogP contribution < -0.4 is 16.0 Å². The molecule has 0 saturated heterocycles.